The predicted octanol–water partition coefficient (Wildman–Crippen LogP) is 1.69. The van der Waals surface area contributed by atoms with Gasteiger partial charge in [-0.15, -0.1) is 0 Å². The summed E-state index contributed by atoms with van der Waals surface area (Å²) in [6.45, 7) is 8.63. The van der Waals surface area contributed by atoms with Crippen molar-refractivity contribution in [3.63, 3.8) is 0 Å². The summed E-state index contributed by atoms with van der Waals surface area (Å²) in [6, 6.07) is 2.54. The molecule has 2 saturated carbocycles. The molecular weight excluding hydrogens is 222 g/mol. The number of hydrogen-bond acceptors (Lipinski definition) is 3. The second-order valence-electron chi connectivity index (χ2n) is 6.32. The van der Waals surface area contributed by atoms with Gasteiger partial charge in [0, 0.05) is 44.3 Å². The average molecular weight is 251 g/mol. The summed E-state index contributed by atoms with van der Waals surface area (Å²) in [5, 5.41) is 3.72. The quantitative estimate of drug-likeness (QED) is 0.820. The summed E-state index contributed by atoms with van der Waals surface area (Å²) in [5.74, 6) is 0. The van der Waals surface area contributed by atoms with E-state index in [-0.39, 0.29) is 0 Å². The Bertz CT molecular complexity index is 254. The van der Waals surface area contributed by atoms with Crippen molar-refractivity contribution >= 4 is 0 Å². The van der Waals surface area contributed by atoms with E-state index in [0.29, 0.717) is 0 Å². The highest BCUT2D eigenvalue weighted by atomic mass is 15.3. The molecule has 3 heteroatoms. The van der Waals surface area contributed by atoms with Crippen LogP contribution in [0.1, 0.15) is 45.4 Å². The minimum absolute atomic E-state index is 0.760. The summed E-state index contributed by atoms with van der Waals surface area (Å²) in [7, 11) is 0. The molecule has 2 unspecified atom stereocenters. The molecule has 2 aliphatic carbocycles. The van der Waals surface area contributed by atoms with Crippen LogP contribution in [0.5, 0.6) is 0 Å². The van der Waals surface area contributed by atoms with Gasteiger partial charge >= 0.3 is 0 Å². The fraction of sp³-hybridized carbons (Fsp3) is 1.00. The molecule has 2 atom stereocenters. The van der Waals surface area contributed by atoms with Crippen LogP contribution in [0, 0.1) is 0 Å². The van der Waals surface area contributed by atoms with E-state index >= 15 is 0 Å². The van der Waals surface area contributed by atoms with Gasteiger partial charge in [-0.25, -0.2) is 0 Å². The molecule has 1 N–H and O–H groups in total. The fourth-order valence-electron chi connectivity index (χ4n) is 3.92. The number of nitrogens with one attached hydrogen (secondary N) is 1. The van der Waals surface area contributed by atoms with E-state index in [1.165, 1.54) is 64.7 Å². The molecule has 0 spiro atoms. The first-order chi connectivity index (χ1) is 8.88. The minimum atomic E-state index is 0.760. The Balaban J connectivity index is 1.52. The maximum absolute atomic E-state index is 3.72. The number of rotatable bonds is 4. The van der Waals surface area contributed by atoms with Gasteiger partial charge in [0.1, 0.15) is 0 Å². The van der Waals surface area contributed by atoms with Crippen LogP contribution in [0.2, 0.25) is 0 Å². The van der Waals surface area contributed by atoms with E-state index in [0.717, 1.165) is 24.7 Å². The maximum atomic E-state index is 3.72. The smallest absolute Gasteiger partial charge is 0.0250 e. The van der Waals surface area contributed by atoms with Gasteiger partial charge in [0.25, 0.3) is 0 Å². The van der Waals surface area contributed by atoms with Crippen molar-refractivity contribution in [2.75, 3.05) is 32.7 Å². The molecular formula is C15H29N3. The highest BCUT2D eigenvalue weighted by Crippen LogP contribution is 2.29. The Morgan fingerprint density at radius 3 is 2.22 bits per heavy atom. The van der Waals surface area contributed by atoms with Crippen molar-refractivity contribution < 1.29 is 0 Å². The summed E-state index contributed by atoms with van der Waals surface area (Å²) in [4.78, 5) is 5.51. The monoisotopic (exact) mass is 251 g/mol. The molecule has 1 heterocycles. The lowest BCUT2D eigenvalue weighted by atomic mass is 9.88. The van der Waals surface area contributed by atoms with Crippen LogP contribution in [-0.4, -0.2) is 60.6 Å². The molecule has 0 aromatic rings. The highest BCUT2D eigenvalue weighted by Gasteiger charge is 2.35. The molecule has 1 aliphatic heterocycles. The molecule has 3 nitrogen and oxygen atoms in total. The zero-order chi connectivity index (χ0) is 12.4. The molecule has 104 valence electrons. The second kappa shape index (κ2) is 5.89. The molecule has 0 aromatic carbocycles. The van der Waals surface area contributed by atoms with Gasteiger partial charge in [0.05, 0.1) is 0 Å². The lowest BCUT2D eigenvalue weighted by Crippen LogP contribution is -2.57. The molecule has 0 amide bonds. The first-order valence-electron chi connectivity index (χ1n) is 8.10. The van der Waals surface area contributed by atoms with Crippen molar-refractivity contribution in [2.45, 2.75) is 63.6 Å². The van der Waals surface area contributed by atoms with E-state index in [1.54, 1.807) is 0 Å². The van der Waals surface area contributed by atoms with Gasteiger partial charge in [0.15, 0.2) is 0 Å². The van der Waals surface area contributed by atoms with Crippen molar-refractivity contribution in [1.29, 1.82) is 0 Å². The third-order valence-electron chi connectivity index (χ3n) is 5.08. The number of hydrogen-bond donors (Lipinski definition) is 1. The van der Waals surface area contributed by atoms with Crippen molar-refractivity contribution in [2.24, 2.45) is 0 Å². The zero-order valence-electron chi connectivity index (χ0n) is 11.9. The van der Waals surface area contributed by atoms with Crippen LogP contribution < -0.4 is 5.32 Å². The van der Waals surface area contributed by atoms with Gasteiger partial charge < -0.3 is 5.32 Å². The van der Waals surface area contributed by atoms with Crippen LogP contribution in [-0.2, 0) is 0 Å². The normalized spacial score (nSPS) is 35.8. The number of nitrogens with zero attached hydrogens (tertiary/aromatic N) is 2. The van der Waals surface area contributed by atoms with E-state index in [9.17, 15) is 0 Å². The first kappa shape index (κ1) is 12.9. The molecule has 3 fully saturated rings. The molecule has 3 rings (SSSR count). The molecule has 0 bridgehead atoms. The average Bonchev–Trinajstić information content (AvgIpc) is 3.25. The third-order valence-corrected chi connectivity index (χ3v) is 5.08. The minimum Gasteiger partial charge on any atom is -0.313 e. The Morgan fingerprint density at radius 1 is 0.889 bits per heavy atom. The first-order valence-corrected chi connectivity index (χ1v) is 8.10. The Kier molecular flexibility index (Phi) is 4.22. The third kappa shape index (κ3) is 2.89. The Hall–Kier alpha value is -0.120. The van der Waals surface area contributed by atoms with Crippen LogP contribution >= 0.6 is 0 Å². The molecule has 1 saturated heterocycles. The van der Waals surface area contributed by atoms with E-state index in [4.69, 9.17) is 0 Å². The summed E-state index contributed by atoms with van der Waals surface area (Å²) in [5.41, 5.74) is 0. The molecule has 18 heavy (non-hydrogen) atoms. The van der Waals surface area contributed by atoms with Gasteiger partial charge in [-0.05, 0) is 32.2 Å². The lowest BCUT2D eigenvalue weighted by Gasteiger charge is -2.44. The van der Waals surface area contributed by atoms with Gasteiger partial charge in [-0.2, -0.15) is 0 Å². The predicted molar refractivity (Wildman–Crippen MR) is 75.9 cm³/mol. The number of piperazine rings is 1. The highest BCUT2D eigenvalue weighted by molar-refractivity contribution is 4.93. The molecule has 3 aliphatic rings. The van der Waals surface area contributed by atoms with Gasteiger partial charge in [-0.1, -0.05) is 19.8 Å². The summed E-state index contributed by atoms with van der Waals surface area (Å²) >= 11 is 0. The van der Waals surface area contributed by atoms with E-state index < -0.39 is 0 Å². The molecule has 0 aromatic heterocycles. The summed E-state index contributed by atoms with van der Waals surface area (Å²) in [6.07, 6.45) is 8.60. The summed E-state index contributed by atoms with van der Waals surface area (Å²) < 4.78 is 0. The second-order valence-corrected chi connectivity index (χ2v) is 6.32. The Morgan fingerprint density at radius 2 is 1.56 bits per heavy atom. The van der Waals surface area contributed by atoms with Crippen LogP contribution in [0.25, 0.3) is 0 Å². The lowest BCUT2D eigenvalue weighted by molar-refractivity contribution is 0.0587. The zero-order valence-corrected chi connectivity index (χ0v) is 11.9. The topological polar surface area (TPSA) is 18.5 Å². The van der Waals surface area contributed by atoms with Gasteiger partial charge in [0.2, 0.25) is 0 Å². The van der Waals surface area contributed by atoms with E-state index in [1.807, 2.05) is 0 Å². The standard InChI is InChI=1S/C15H29N3/c1-2-16-14-5-3-4-6-15(14)18-11-9-17(10-12-18)13-7-8-13/h13-16H,2-12H2,1H3. The van der Waals surface area contributed by atoms with Crippen LogP contribution in [0.15, 0.2) is 0 Å². The molecule has 0 radical (unpaired) electrons. The van der Waals surface area contributed by atoms with Gasteiger partial charge in [-0.3, -0.25) is 9.80 Å². The van der Waals surface area contributed by atoms with Crippen molar-refractivity contribution in [3.05, 3.63) is 0 Å². The van der Waals surface area contributed by atoms with Crippen molar-refractivity contribution in [3.8, 4) is 0 Å². The SMILES string of the molecule is CCNC1CCCCC1N1CCN(C2CC2)CC1. The van der Waals surface area contributed by atoms with Crippen LogP contribution in [0.4, 0.5) is 0 Å². The maximum Gasteiger partial charge on any atom is 0.0250 e. The fourth-order valence-corrected chi connectivity index (χ4v) is 3.92. The Labute approximate surface area is 112 Å². The number of likely N-dealkylation sites (N-methyl/N-ethyl adjacent to an activating group) is 1. The van der Waals surface area contributed by atoms with E-state index in [2.05, 4.69) is 22.0 Å². The largest absolute Gasteiger partial charge is 0.313 e. The van der Waals surface area contributed by atoms with Crippen LogP contribution in [0.3, 0.4) is 0 Å². The van der Waals surface area contributed by atoms with Crippen molar-refractivity contribution in [1.82, 2.24) is 15.1 Å².